The highest BCUT2D eigenvalue weighted by molar-refractivity contribution is 6.39. The Morgan fingerprint density at radius 2 is 1.56 bits per heavy atom. The van der Waals surface area contributed by atoms with Crippen molar-refractivity contribution < 1.29 is 19.5 Å². The third-order valence-corrected chi connectivity index (χ3v) is 8.24. The molecule has 0 radical (unpaired) electrons. The molecule has 0 aliphatic heterocycles. The summed E-state index contributed by atoms with van der Waals surface area (Å²) in [5, 5.41) is 17.8. The Morgan fingerprint density at radius 1 is 1.03 bits per heavy atom. The number of amides is 3. The van der Waals surface area contributed by atoms with E-state index >= 15 is 0 Å². The number of carbonyl (C=O) groups is 3. The molecule has 4 bridgehead atoms. The van der Waals surface area contributed by atoms with Gasteiger partial charge in [0.25, 0.3) is 5.91 Å². The number of benzene rings is 1. The Morgan fingerprint density at radius 3 is 2.06 bits per heavy atom. The SMILES string of the molecule is CC(NC(=O)NC[C@H](NC(=O)c1c(Cl)cccc1Cl)C(=O)O)C12CC3CC(CC(C3)C1)C2. The van der Waals surface area contributed by atoms with Gasteiger partial charge in [0.2, 0.25) is 0 Å². The summed E-state index contributed by atoms with van der Waals surface area (Å²) in [6.45, 7) is 1.80. The maximum atomic E-state index is 12.6. The largest absolute Gasteiger partial charge is 0.480 e. The summed E-state index contributed by atoms with van der Waals surface area (Å²) in [5.74, 6) is 0.346. The molecule has 2 atom stereocenters. The van der Waals surface area contributed by atoms with E-state index in [9.17, 15) is 19.5 Å². The molecule has 3 amide bonds. The molecule has 4 saturated carbocycles. The number of nitrogens with one attached hydrogen (secondary N) is 3. The van der Waals surface area contributed by atoms with Crippen molar-refractivity contribution in [1.29, 1.82) is 0 Å². The molecule has 0 saturated heterocycles. The van der Waals surface area contributed by atoms with E-state index in [1.165, 1.54) is 31.4 Å². The van der Waals surface area contributed by atoms with E-state index in [1.807, 2.05) is 0 Å². The van der Waals surface area contributed by atoms with Crippen molar-refractivity contribution in [3.8, 4) is 0 Å². The van der Waals surface area contributed by atoms with Gasteiger partial charge in [-0.05, 0) is 80.8 Å². The average Bonchev–Trinajstić information content (AvgIpc) is 2.69. The molecule has 174 valence electrons. The Balaban J connectivity index is 1.32. The number of aliphatic carboxylic acids is 1. The minimum atomic E-state index is -1.32. The van der Waals surface area contributed by atoms with Gasteiger partial charge in [0.1, 0.15) is 6.04 Å². The zero-order valence-corrected chi connectivity index (χ0v) is 19.5. The van der Waals surface area contributed by atoms with Crippen molar-refractivity contribution in [2.24, 2.45) is 23.2 Å². The summed E-state index contributed by atoms with van der Waals surface area (Å²) in [6, 6.07) is 2.84. The molecule has 0 spiro atoms. The first-order valence-corrected chi connectivity index (χ1v) is 11.9. The van der Waals surface area contributed by atoms with Crippen LogP contribution in [0.3, 0.4) is 0 Å². The summed E-state index contributed by atoms with van der Waals surface area (Å²) in [7, 11) is 0. The van der Waals surface area contributed by atoms with Gasteiger partial charge in [-0.1, -0.05) is 29.3 Å². The van der Waals surface area contributed by atoms with E-state index in [-0.39, 0.29) is 33.6 Å². The van der Waals surface area contributed by atoms with E-state index in [1.54, 1.807) is 6.07 Å². The van der Waals surface area contributed by atoms with E-state index in [0.29, 0.717) is 0 Å². The lowest BCUT2D eigenvalue weighted by Gasteiger charge is -2.59. The number of carboxylic acids is 1. The zero-order chi connectivity index (χ0) is 23.0. The number of carbonyl (C=O) groups excluding carboxylic acids is 2. The van der Waals surface area contributed by atoms with E-state index in [2.05, 4.69) is 22.9 Å². The molecule has 9 heteroatoms. The fraction of sp³-hybridized carbons (Fsp3) is 0.609. The third-order valence-electron chi connectivity index (χ3n) is 7.61. The molecular weight excluding hydrogens is 453 g/mol. The Bertz CT molecular complexity index is 867. The average molecular weight is 482 g/mol. The molecule has 1 aromatic rings. The fourth-order valence-corrected chi connectivity index (χ4v) is 7.02. The van der Waals surface area contributed by atoms with Gasteiger partial charge in [0.15, 0.2) is 0 Å². The lowest BCUT2D eigenvalue weighted by Crippen LogP contribution is -2.58. The summed E-state index contributed by atoms with van der Waals surface area (Å²) in [5.41, 5.74) is 0.148. The molecule has 4 fully saturated rings. The number of rotatable bonds is 7. The molecule has 0 heterocycles. The molecule has 4 N–H and O–H groups in total. The molecule has 5 rings (SSSR count). The Kier molecular flexibility index (Phi) is 6.59. The maximum Gasteiger partial charge on any atom is 0.328 e. The van der Waals surface area contributed by atoms with Crippen molar-refractivity contribution in [1.82, 2.24) is 16.0 Å². The van der Waals surface area contributed by atoms with Gasteiger partial charge in [-0.2, -0.15) is 0 Å². The van der Waals surface area contributed by atoms with Crippen LogP contribution >= 0.6 is 23.2 Å². The molecule has 1 aromatic carbocycles. The van der Waals surface area contributed by atoms with Crippen molar-refractivity contribution >= 4 is 41.1 Å². The van der Waals surface area contributed by atoms with Crippen LogP contribution in [0.2, 0.25) is 10.0 Å². The highest BCUT2D eigenvalue weighted by Gasteiger charge is 2.53. The first-order chi connectivity index (χ1) is 15.2. The second-order valence-electron chi connectivity index (χ2n) is 9.82. The van der Waals surface area contributed by atoms with Crippen molar-refractivity contribution in [3.63, 3.8) is 0 Å². The predicted octanol–water partition coefficient (Wildman–Crippen LogP) is 4.08. The van der Waals surface area contributed by atoms with Crippen molar-refractivity contribution in [2.75, 3.05) is 6.54 Å². The molecule has 4 aliphatic rings. The summed E-state index contributed by atoms with van der Waals surface area (Å²) >= 11 is 12.1. The monoisotopic (exact) mass is 481 g/mol. The van der Waals surface area contributed by atoms with E-state index in [4.69, 9.17) is 23.2 Å². The van der Waals surface area contributed by atoms with Crippen LogP contribution in [-0.2, 0) is 4.79 Å². The van der Waals surface area contributed by atoms with Gasteiger partial charge in [-0.25, -0.2) is 9.59 Å². The number of hydrogen-bond acceptors (Lipinski definition) is 3. The van der Waals surface area contributed by atoms with Crippen LogP contribution < -0.4 is 16.0 Å². The zero-order valence-electron chi connectivity index (χ0n) is 18.0. The first-order valence-electron chi connectivity index (χ1n) is 11.2. The molecule has 4 aliphatic carbocycles. The maximum absolute atomic E-state index is 12.6. The second kappa shape index (κ2) is 9.10. The molecule has 1 unspecified atom stereocenters. The third kappa shape index (κ3) is 4.69. The van der Waals surface area contributed by atoms with Crippen LogP contribution in [0.25, 0.3) is 0 Å². The lowest BCUT2D eigenvalue weighted by atomic mass is 9.48. The topological polar surface area (TPSA) is 108 Å². The number of halogens is 2. The van der Waals surface area contributed by atoms with Gasteiger partial charge < -0.3 is 21.1 Å². The highest BCUT2D eigenvalue weighted by atomic mass is 35.5. The minimum Gasteiger partial charge on any atom is -0.480 e. The second-order valence-corrected chi connectivity index (χ2v) is 10.6. The standard InChI is InChI=1S/C23H29Cl2N3O4/c1-12(23-8-13-5-14(9-23)7-15(6-13)10-23)27-22(32)26-11-18(21(30)31)28-20(29)19-16(24)3-2-4-17(19)25/h2-4,12-15,18H,5-11H2,1H3,(H,28,29)(H,30,31)(H2,26,27,32)/t12?,13?,14?,15?,18-,23?/m0/s1. The van der Waals surface area contributed by atoms with Crippen LogP contribution in [0.4, 0.5) is 4.79 Å². The van der Waals surface area contributed by atoms with Crippen LogP contribution in [0, 0.1) is 23.2 Å². The van der Waals surface area contributed by atoms with Gasteiger partial charge in [0.05, 0.1) is 22.2 Å². The number of urea groups is 1. The van der Waals surface area contributed by atoms with Crippen LogP contribution in [0.15, 0.2) is 18.2 Å². The van der Waals surface area contributed by atoms with Crippen LogP contribution in [0.5, 0.6) is 0 Å². The van der Waals surface area contributed by atoms with Crippen molar-refractivity contribution in [2.45, 2.75) is 57.5 Å². The van der Waals surface area contributed by atoms with Gasteiger partial charge in [-0.15, -0.1) is 0 Å². The predicted molar refractivity (Wildman–Crippen MR) is 122 cm³/mol. The first kappa shape index (κ1) is 23.2. The highest BCUT2D eigenvalue weighted by Crippen LogP contribution is 2.61. The van der Waals surface area contributed by atoms with Gasteiger partial charge in [0, 0.05) is 6.04 Å². The summed E-state index contributed by atoms with van der Waals surface area (Å²) < 4.78 is 0. The Hall–Kier alpha value is -1.99. The van der Waals surface area contributed by atoms with E-state index < -0.39 is 23.9 Å². The van der Waals surface area contributed by atoms with E-state index in [0.717, 1.165) is 37.0 Å². The smallest absolute Gasteiger partial charge is 0.328 e. The van der Waals surface area contributed by atoms with Gasteiger partial charge in [-0.3, -0.25) is 4.79 Å². The van der Waals surface area contributed by atoms with Crippen LogP contribution in [-0.4, -0.2) is 41.6 Å². The molecular formula is C23H29Cl2N3O4. The molecule has 0 aromatic heterocycles. The minimum absolute atomic E-state index is 0.00183. The van der Waals surface area contributed by atoms with Crippen LogP contribution in [0.1, 0.15) is 55.8 Å². The lowest BCUT2D eigenvalue weighted by molar-refractivity contribution is -0.139. The molecule has 32 heavy (non-hydrogen) atoms. The quantitative estimate of drug-likeness (QED) is 0.470. The number of carboxylic acid groups (broad SMARTS) is 1. The normalized spacial score (nSPS) is 29.8. The Labute approximate surface area is 197 Å². The van der Waals surface area contributed by atoms with Crippen molar-refractivity contribution in [3.05, 3.63) is 33.8 Å². The summed E-state index contributed by atoms with van der Waals surface area (Å²) in [4.78, 5) is 36.7. The summed E-state index contributed by atoms with van der Waals surface area (Å²) in [6.07, 6.45) is 7.46. The number of hydrogen-bond donors (Lipinski definition) is 4. The fourth-order valence-electron chi connectivity index (χ4n) is 6.45. The van der Waals surface area contributed by atoms with Gasteiger partial charge >= 0.3 is 12.0 Å². The molecule has 7 nitrogen and oxygen atoms in total.